The molecule has 2 aliphatic rings. The summed E-state index contributed by atoms with van der Waals surface area (Å²) in [6.45, 7) is 2.98. The third-order valence-electron chi connectivity index (χ3n) is 5.54. The summed E-state index contributed by atoms with van der Waals surface area (Å²) in [7, 11) is 0. The van der Waals surface area contributed by atoms with Crippen LogP contribution in [0.25, 0.3) is 10.9 Å². The van der Waals surface area contributed by atoms with Crippen molar-refractivity contribution in [1.82, 2.24) is 4.98 Å². The van der Waals surface area contributed by atoms with E-state index in [2.05, 4.69) is 59.7 Å². The third kappa shape index (κ3) is 1.94. The molecule has 0 aliphatic carbocycles. The number of hydrogen-bond acceptors (Lipinski definition) is 3. The number of para-hydroxylation sites is 1. The molecule has 25 heavy (non-hydrogen) atoms. The number of aromatic nitrogens is 1. The maximum absolute atomic E-state index is 9.88. The van der Waals surface area contributed by atoms with E-state index in [1.807, 2.05) is 0 Å². The van der Waals surface area contributed by atoms with Crippen molar-refractivity contribution in [3.05, 3.63) is 64.8 Å². The first-order valence-corrected chi connectivity index (χ1v) is 8.88. The minimum atomic E-state index is -0.476. The number of aryl methyl sites for hydroxylation is 1. The molecule has 0 radical (unpaired) electrons. The average Bonchev–Trinajstić information content (AvgIpc) is 3.08. The molecule has 3 aromatic rings. The Morgan fingerprint density at radius 1 is 1.20 bits per heavy atom. The highest BCUT2D eigenvalue weighted by Crippen LogP contribution is 2.45. The minimum absolute atomic E-state index is 0.105. The summed E-state index contributed by atoms with van der Waals surface area (Å²) in [5, 5.41) is 14.9. The predicted molar refractivity (Wildman–Crippen MR) is 102 cm³/mol. The molecule has 1 unspecified atom stereocenters. The zero-order valence-corrected chi connectivity index (χ0v) is 14.3. The zero-order chi connectivity index (χ0) is 17.0. The summed E-state index contributed by atoms with van der Waals surface area (Å²) in [5.41, 5.74) is 7.70. The Hall–Kier alpha value is -2.59. The molecule has 2 aromatic carbocycles. The summed E-state index contributed by atoms with van der Waals surface area (Å²) in [4.78, 5) is 8.61. The largest absolute Gasteiger partial charge is 0.396 e. The molecule has 0 amide bonds. The Balaban J connectivity index is 1.81. The van der Waals surface area contributed by atoms with Gasteiger partial charge in [-0.05, 0) is 36.6 Å². The van der Waals surface area contributed by atoms with E-state index >= 15 is 0 Å². The molecule has 126 valence electrons. The lowest BCUT2D eigenvalue weighted by atomic mass is 9.84. The molecule has 4 heteroatoms. The van der Waals surface area contributed by atoms with E-state index in [0.29, 0.717) is 6.42 Å². The lowest BCUT2D eigenvalue weighted by molar-refractivity contribution is 0.269. The van der Waals surface area contributed by atoms with E-state index < -0.39 is 5.54 Å². The number of aliphatic imine (C=N–C) groups is 1. The first-order chi connectivity index (χ1) is 12.2. The van der Waals surface area contributed by atoms with Gasteiger partial charge in [-0.25, -0.2) is 0 Å². The quantitative estimate of drug-likeness (QED) is 0.673. The van der Waals surface area contributed by atoms with Crippen LogP contribution in [-0.2, 0) is 12.0 Å². The number of fused-ring (bicyclic) bond motifs is 7. The Morgan fingerprint density at radius 3 is 2.96 bits per heavy atom. The van der Waals surface area contributed by atoms with E-state index in [0.717, 1.165) is 41.1 Å². The highest BCUT2D eigenvalue weighted by atomic mass is 16.3. The molecule has 0 saturated carbocycles. The molecule has 0 bridgehead atoms. The summed E-state index contributed by atoms with van der Waals surface area (Å²) < 4.78 is 0. The molecule has 4 nitrogen and oxygen atoms in total. The standard InChI is InChI=1S/C21H21N3O/c1-13-6-7-16-18(12-13)24-21(9-11-25)19(16)22-10-8-15-14-4-2-3-5-17(14)23-20(15)21/h2-7,12,23-25H,8-11H2,1H3. The monoisotopic (exact) mass is 331 g/mol. The normalized spacial score (nSPS) is 21.1. The van der Waals surface area contributed by atoms with Gasteiger partial charge in [-0.1, -0.05) is 30.3 Å². The minimum Gasteiger partial charge on any atom is -0.396 e. The van der Waals surface area contributed by atoms with Gasteiger partial charge in [-0.15, -0.1) is 0 Å². The Morgan fingerprint density at radius 2 is 2.08 bits per heavy atom. The van der Waals surface area contributed by atoms with Crippen molar-refractivity contribution in [2.75, 3.05) is 18.5 Å². The van der Waals surface area contributed by atoms with Crippen molar-refractivity contribution >= 4 is 22.3 Å². The Kier molecular flexibility index (Phi) is 3.06. The van der Waals surface area contributed by atoms with E-state index in [4.69, 9.17) is 4.99 Å². The number of hydrogen-bond donors (Lipinski definition) is 3. The average molecular weight is 331 g/mol. The van der Waals surface area contributed by atoms with Gasteiger partial charge in [0, 0.05) is 41.7 Å². The second-order valence-corrected chi connectivity index (χ2v) is 7.06. The second kappa shape index (κ2) is 5.20. The van der Waals surface area contributed by atoms with Crippen LogP contribution in [0.15, 0.2) is 47.5 Å². The van der Waals surface area contributed by atoms with Gasteiger partial charge in [0.2, 0.25) is 0 Å². The van der Waals surface area contributed by atoms with Gasteiger partial charge in [-0.3, -0.25) is 4.99 Å². The van der Waals surface area contributed by atoms with Crippen molar-refractivity contribution < 1.29 is 5.11 Å². The van der Waals surface area contributed by atoms with Crippen LogP contribution >= 0.6 is 0 Å². The maximum atomic E-state index is 9.88. The molecule has 0 saturated heterocycles. The predicted octanol–water partition coefficient (Wildman–Crippen LogP) is 3.52. The zero-order valence-electron chi connectivity index (χ0n) is 14.3. The van der Waals surface area contributed by atoms with E-state index in [1.165, 1.54) is 16.5 Å². The number of anilines is 1. The van der Waals surface area contributed by atoms with Crippen molar-refractivity contribution in [2.24, 2.45) is 4.99 Å². The Bertz CT molecular complexity index is 1020. The lowest BCUT2D eigenvalue weighted by Gasteiger charge is -2.30. The van der Waals surface area contributed by atoms with E-state index in [-0.39, 0.29) is 6.61 Å². The van der Waals surface area contributed by atoms with Gasteiger partial charge in [0.05, 0.1) is 11.4 Å². The number of H-pyrrole nitrogens is 1. The van der Waals surface area contributed by atoms with Crippen LogP contribution in [0.3, 0.4) is 0 Å². The first-order valence-electron chi connectivity index (χ1n) is 8.88. The lowest BCUT2D eigenvalue weighted by Crippen LogP contribution is -2.40. The van der Waals surface area contributed by atoms with Crippen LogP contribution < -0.4 is 5.32 Å². The number of nitrogens with one attached hydrogen (secondary N) is 2. The van der Waals surface area contributed by atoms with E-state index in [1.54, 1.807) is 0 Å². The number of aromatic amines is 1. The summed E-state index contributed by atoms with van der Waals surface area (Å²) >= 11 is 0. The first kappa shape index (κ1) is 14.7. The van der Waals surface area contributed by atoms with Gasteiger partial charge in [-0.2, -0.15) is 0 Å². The Labute approximate surface area is 146 Å². The summed E-state index contributed by atoms with van der Waals surface area (Å²) in [5.74, 6) is 0. The fourth-order valence-corrected chi connectivity index (χ4v) is 4.47. The molecular weight excluding hydrogens is 310 g/mol. The molecule has 2 aliphatic heterocycles. The topological polar surface area (TPSA) is 60.4 Å². The van der Waals surface area contributed by atoms with Crippen molar-refractivity contribution in [2.45, 2.75) is 25.3 Å². The van der Waals surface area contributed by atoms with Crippen LogP contribution in [0.1, 0.15) is 28.8 Å². The van der Waals surface area contributed by atoms with Gasteiger partial charge >= 0.3 is 0 Å². The fraction of sp³-hybridized carbons (Fsp3) is 0.286. The van der Waals surface area contributed by atoms with Gasteiger partial charge in [0.25, 0.3) is 0 Å². The SMILES string of the molecule is Cc1ccc2c(c1)NC1(CCO)C2=NCCc2c1[nH]c1ccccc21. The van der Waals surface area contributed by atoms with Crippen molar-refractivity contribution in [3.63, 3.8) is 0 Å². The fourth-order valence-electron chi connectivity index (χ4n) is 4.47. The molecule has 0 spiro atoms. The number of aliphatic hydroxyl groups is 1. The van der Waals surface area contributed by atoms with Crippen LogP contribution in [0.2, 0.25) is 0 Å². The molecule has 5 rings (SSSR count). The number of nitrogens with zero attached hydrogens (tertiary/aromatic N) is 1. The molecule has 3 N–H and O–H groups in total. The highest BCUT2D eigenvalue weighted by Gasteiger charge is 2.47. The van der Waals surface area contributed by atoms with Gasteiger partial charge in [0.15, 0.2) is 0 Å². The summed E-state index contributed by atoms with van der Waals surface area (Å²) in [6.07, 6.45) is 1.51. The molecular formula is C21H21N3O. The summed E-state index contributed by atoms with van der Waals surface area (Å²) in [6, 6.07) is 14.9. The van der Waals surface area contributed by atoms with Gasteiger partial charge in [0.1, 0.15) is 5.54 Å². The second-order valence-electron chi connectivity index (χ2n) is 7.06. The highest BCUT2D eigenvalue weighted by molar-refractivity contribution is 6.17. The molecule has 1 aromatic heterocycles. The van der Waals surface area contributed by atoms with E-state index in [9.17, 15) is 5.11 Å². The van der Waals surface area contributed by atoms with Crippen molar-refractivity contribution in [1.29, 1.82) is 0 Å². The van der Waals surface area contributed by atoms with Gasteiger partial charge < -0.3 is 15.4 Å². The maximum Gasteiger partial charge on any atom is 0.123 e. The van der Waals surface area contributed by atoms with Crippen LogP contribution in [0.4, 0.5) is 5.69 Å². The molecule has 3 heterocycles. The molecule has 0 fully saturated rings. The third-order valence-corrected chi connectivity index (χ3v) is 5.54. The molecule has 1 atom stereocenters. The number of aliphatic hydroxyl groups excluding tert-OH is 1. The van der Waals surface area contributed by atoms with Crippen LogP contribution in [0.5, 0.6) is 0 Å². The number of rotatable bonds is 2. The van der Waals surface area contributed by atoms with Crippen LogP contribution in [-0.4, -0.2) is 29.0 Å². The van der Waals surface area contributed by atoms with Crippen LogP contribution in [0, 0.1) is 6.92 Å². The van der Waals surface area contributed by atoms with Crippen molar-refractivity contribution in [3.8, 4) is 0 Å². The number of benzene rings is 2. The smallest absolute Gasteiger partial charge is 0.123 e.